The van der Waals surface area contributed by atoms with Crippen molar-refractivity contribution in [2.75, 3.05) is 13.2 Å². The lowest BCUT2D eigenvalue weighted by atomic mass is 10.1. The molecule has 1 aromatic rings. The first-order chi connectivity index (χ1) is 12.1. The van der Waals surface area contributed by atoms with Crippen molar-refractivity contribution in [2.24, 2.45) is 11.7 Å². The third-order valence-corrected chi connectivity index (χ3v) is 5.01. The lowest BCUT2D eigenvalue weighted by Gasteiger charge is -2.13. The Balaban J connectivity index is 0.00000243. The van der Waals surface area contributed by atoms with Gasteiger partial charge in [-0.1, -0.05) is 12.1 Å². The number of hydrogen-bond acceptors (Lipinski definition) is 4. The van der Waals surface area contributed by atoms with Gasteiger partial charge in [0.1, 0.15) is 0 Å². The third kappa shape index (κ3) is 5.69. The molecule has 0 bridgehead atoms. The summed E-state index contributed by atoms with van der Waals surface area (Å²) < 4.78 is 5.51. The zero-order valence-electron chi connectivity index (χ0n) is 14.9. The molecule has 6 nitrogen and oxygen atoms in total. The van der Waals surface area contributed by atoms with E-state index in [4.69, 9.17) is 10.5 Å². The van der Waals surface area contributed by atoms with Crippen molar-refractivity contribution in [1.82, 2.24) is 10.6 Å². The summed E-state index contributed by atoms with van der Waals surface area (Å²) >= 11 is 0. The van der Waals surface area contributed by atoms with Gasteiger partial charge in [-0.05, 0) is 49.8 Å². The molecule has 1 aromatic carbocycles. The molecule has 1 aliphatic carbocycles. The third-order valence-electron chi connectivity index (χ3n) is 5.01. The first-order valence-electron chi connectivity index (χ1n) is 9.14. The number of benzene rings is 1. The highest BCUT2D eigenvalue weighted by Gasteiger charge is 2.27. The van der Waals surface area contributed by atoms with E-state index in [0.29, 0.717) is 18.7 Å². The van der Waals surface area contributed by atoms with Gasteiger partial charge in [-0.3, -0.25) is 9.59 Å². The van der Waals surface area contributed by atoms with Crippen molar-refractivity contribution < 1.29 is 14.3 Å². The highest BCUT2D eigenvalue weighted by molar-refractivity contribution is 5.94. The highest BCUT2D eigenvalue weighted by atomic mass is 35.5. The minimum Gasteiger partial charge on any atom is -0.376 e. The van der Waals surface area contributed by atoms with Crippen LogP contribution in [0.3, 0.4) is 0 Å². The van der Waals surface area contributed by atoms with Gasteiger partial charge < -0.3 is 21.1 Å². The van der Waals surface area contributed by atoms with Crippen LogP contribution in [0.5, 0.6) is 0 Å². The van der Waals surface area contributed by atoms with Crippen LogP contribution in [0.25, 0.3) is 0 Å². The summed E-state index contributed by atoms with van der Waals surface area (Å²) in [6.07, 6.45) is 4.72. The van der Waals surface area contributed by atoms with Gasteiger partial charge in [-0.15, -0.1) is 12.4 Å². The summed E-state index contributed by atoms with van der Waals surface area (Å²) in [5, 5.41) is 5.88. The Kier molecular flexibility index (Phi) is 7.87. The molecule has 2 fully saturated rings. The van der Waals surface area contributed by atoms with E-state index >= 15 is 0 Å². The molecule has 3 atom stereocenters. The number of amides is 2. The average Bonchev–Trinajstić information content (AvgIpc) is 3.29. The van der Waals surface area contributed by atoms with Crippen molar-refractivity contribution in [3.63, 3.8) is 0 Å². The molecule has 1 aliphatic heterocycles. The summed E-state index contributed by atoms with van der Waals surface area (Å²) in [5.74, 6) is -0.0282. The molecule has 3 rings (SSSR count). The molecule has 2 amide bonds. The van der Waals surface area contributed by atoms with Crippen LogP contribution < -0.4 is 16.4 Å². The van der Waals surface area contributed by atoms with E-state index in [0.717, 1.165) is 44.3 Å². The van der Waals surface area contributed by atoms with Gasteiger partial charge in [0.2, 0.25) is 5.91 Å². The van der Waals surface area contributed by atoms with Crippen LogP contribution in [0, 0.1) is 5.92 Å². The SMILES string of the molecule is Cl.NC1CCC(C(=O)NCc2cccc(C(=O)NCC3CCCO3)c2)C1. The highest BCUT2D eigenvalue weighted by Crippen LogP contribution is 2.24. The number of carbonyl (C=O) groups is 2. The molecule has 2 aliphatic rings. The normalized spacial score (nSPS) is 24.7. The van der Waals surface area contributed by atoms with Gasteiger partial charge in [0.15, 0.2) is 0 Å². The number of rotatable bonds is 6. The molecule has 1 saturated heterocycles. The fraction of sp³-hybridized carbons (Fsp3) is 0.579. The molecule has 1 heterocycles. The fourth-order valence-corrected chi connectivity index (χ4v) is 3.52. The average molecular weight is 382 g/mol. The summed E-state index contributed by atoms with van der Waals surface area (Å²) in [6, 6.07) is 7.51. The van der Waals surface area contributed by atoms with Gasteiger partial charge in [-0.25, -0.2) is 0 Å². The van der Waals surface area contributed by atoms with Crippen LogP contribution in [0.15, 0.2) is 24.3 Å². The summed E-state index contributed by atoms with van der Waals surface area (Å²) in [5.41, 5.74) is 7.38. The second-order valence-electron chi connectivity index (χ2n) is 7.03. The lowest BCUT2D eigenvalue weighted by molar-refractivity contribution is -0.125. The zero-order valence-corrected chi connectivity index (χ0v) is 15.7. The summed E-state index contributed by atoms with van der Waals surface area (Å²) in [4.78, 5) is 24.4. The number of carbonyl (C=O) groups excluding carboxylic acids is 2. The van der Waals surface area contributed by atoms with Crippen molar-refractivity contribution in [1.29, 1.82) is 0 Å². The molecule has 7 heteroatoms. The standard InChI is InChI=1S/C19H27N3O3.ClH/c20-16-7-6-15(10-16)19(24)21-11-13-3-1-4-14(9-13)18(23)22-12-17-5-2-8-25-17;/h1,3-4,9,15-17H,2,5-8,10-12,20H2,(H,21,24)(H,22,23);1H. The van der Waals surface area contributed by atoms with Gasteiger partial charge in [0.25, 0.3) is 5.91 Å². The topological polar surface area (TPSA) is 93.5 Å². The number of nitrogens with one attached hydrogen (secondary N) is 2. The van der Waals surface area contributed by atoms with Crippen LogP contribution in [0.4, 0.5) is 0 Å². The maximum absolute atomic E-state index is 12.3. The molecule has 0 aromatic heterocycles. The lowest BCUT2D eigenvalue weighted by Crippen LogP contribution is -2.32. The molecule has 4 N–H and O–H groups in total. The predicted octanol–water partition coefficient (Wildman–Crippen LogP) is 1.76. The Morgan fingerprint density at radius 3 is 2.73 bits per heavy atom. The van der Waals surface area contributed by atoms with Crippen LogP contribution >= 0.6 is 12.4 Å². The van der Waals surface area contributed by atoms with Gasteiger partial charge in [0.05, 0.1) is 6.10 Å². The van der Waals surface area contributed by atoms with E-state index in [2.05, 4.69) is 10.6 Å². The monoisotopic (exact) mass is 381 g/mol. The maximum atomic E-state index is 12.3. The van der Waals surface area contributed by atoms with Crippen LogP contribution in [-0.2, 0) is 16.1 Å². The molecule has 1 saturated carbocycles. The Labute approximate surface area is 160 Å². The smallest absolute Gasteiger partial charge is 0.251 e. The first kappa shape index (κ1) is 20.7. The van der Waals surface area contributed by atoms with Crippen LogP contribution in [0.1, 0.15) is 48.0 Å². The van der Waals surface area contributed by atoms with Crippen molar-refractivity contribution >= 4 is 24.2 Å². The Morgan fingerprint density at radius 1 is 1.19 bits per heavy atom. The molecule has 3 unspecified atom stereocenters. The van der Waals surface area contributed by atoms with E-state index in [1.54, 1.807) is 6.07 Å². The van der Waals surface area contributed by atoms with Crippen LogP contribution in [-0.4, -0.2) is 37.1 Å². The van der Waals surface area contributed by atoms with E-state index in [-0.39, 0.29) is 42.3 Å². The van der Waals surface area contributed by atoms with E-state index in [1.165, 1.54) is 0 Å². The van der Waals surface area contributed by atoms with Gasteiger partial charge in [0, 0.05) is 37.2 Å². The van der Waals surface area contributed by atoms with E-state index in [9.17, 15) is 9.59 Å². The number of hydrogen-bond donors (Lipinski definition) is 3. The Hall–Kier alpha value is -1.63. The van der Waals surface area contributed by atoms with Crippen LogP contribution in [0.2, 0.25) is 0 Å². The molecule has 26 heavy (non-hydrogen) atoms. The van der Waals surface area contributed by atoms with Crippen molar-refractivity contribution in [3.05, 3.63) is 35.4 Å². The quantitative estimate of drug-likeness (QED) is 0.700. The number of halogens is 1. The predicted molar refractivity (Wildman–Crippen MR) is 102 cm³/mol. The Morgan fingerprint density at radius 2 is 2.04 bits per heavy atom. The molecular formula is C19H28ClN3O3. The van der Waals surface area contributed by atoms with E-state index < -0.39 is 0 Å². The minimum absolute atomic E-state index is 0. The second-order valence-corrected chi connectivity index (χ2v) is 7.03. The largest absolute Gasteiger partial charge is 0.376 e. The zero-order chi connectivity index (χ0) is 17.6. The van der Waals surface area contributed by atoms with E-state index in [1.807, 2.05) is 18.2 Å². The fourth-order valence-electron chi connectivity index (χ4n) is 3.52. The van der Waals surface area contributed by atoms with Crippen molar-refractivity contribution in [2.45, 2.75) is 50.8 Å². The number of nitrogens with two attached hydrogens (primary N) is 1. The molecule has 144 valence electrons. The maximum Gasteiger partial charge on any atom is 0.251 e. The second kappa shape index (κ2) is 9.90. The Bertz CT molecular complexity index is 620. The molecular weight excluding hydrogens is 354 g/mol. The first-order valence-corrected chi connectivity index (χ1v) is 9.14. The van der Waals surface area contributed by atoms with Gasteiger partial charge in [-0.2, -0.15) is 0 Å². The molecule has 0 radical (unpaired) electrons. The van der Waals surface area contributed by atoms with Gasteiger partial charge >= 0.3 is 0 Å². The summed E-state index contributed by atoms with van der Waals surface area (Å²) in [7, 11) is 0. The van der Waals surface area contributed by atoms with Crippen molar-refractivity contribution in [3.8, 4) is 0 Å². The number of ether oxygens (including phenoxy) is 1. The minimum atomic E-state index is -0.106. The molecule has 0 spiro atoms. The summed E-state index contributed by atoms with van der Waals surface area (Å²) in [6.45, 7) is 1.75.